The van der Waals surface area contributed by atoms with E-state index in [1.54, 1.807) is 6.92 Å². The Morgan fingerprint density at radius 2 is 1.40 bits per heavy atom. The first kappa shape index (κ1) is 32.8. The molecule has 0 aliphatic carbocycles. The van der Waals surface area contributed by atoms with Gasteiger partial charge < -0.3 is 28.4 Å². The maximum absolute atomic E-state index is 14.2. The predicted molar refractivity (Wildman–Crippen MR) is 149 cm³/mol. The highest BCUT2D eigenvalue weighted by molar-refractivity contribution is 5.99. The maximum Gasteiger partial charge on any atom is 0.309 e. The van der Waals surface area contributed by atoms with E-state index in [2.05, 4.69) is 4.98 Å². The number of halogens is 2. The van der Waals surface area contributed by atoms with Crippen molar-refractivity contribution in [3.05, 3.63) is 77.1 Å². The van der Waals surface area contributed by atoms with Crippen molar-refractivity contribution < 1.29 is 51.6 Å². The quantitative estimate of drug-likeness (QED) is 0.138. The van der Waals surface area contributed by atoms with Crippen LogP contribution in [-0.2, 0) is 19.1 Å². The summed E-state index contributed by atoms with van der Waals surface area (Å²) in [5.74, 6) is -4.50. The van der Waals surface area contributed by atoms with E-state index in [1.165, 1.54) is 83.8 Å². The number of benzene rings is 2. The van der Waals surface area contributed by atoms with Crippen molar-refractivity contribution in [1.82, 2.24) is 4.98 Å². The topological polar surface area (TPSA) is 119 Å². The molecule has 1 heterocycles. The number of rotatable bonds is 14. The van der Waals surface area contributed by atoms with Crippen LogP contribution in [0, 0.1) is 17.6 Å². The zero-order valence-corrected chi connectivity index (χ0v) is 24.6. The van der Waals surface area contributed by atoms with Crippen molar-refractivity contribution in [2.24, 2.45) is 5.92 Å². The van der Waals surface area contributed by atoms with Crippen molar-refractivity contribution in [3.8, 4) is 23.0 Å². The number of nitrogens with zero attached hydrogens (tertiary/aromatic N) is 1. The Bertz CT molecular complexity index is 1410. The van der Waals surface area contributed by atoms with Gasteiger partial charge in [-0.25, -0.2) is 13.8 Å². The molecule has 0 amide bonds. The third-order valence-corrected chi connectivity index (χ3v) is 6.55. The van der Waals surface area contributed by atoms with Crippen LogP contribution in [-0.4, -0.2) is 56.9 Å². The average molecular weight is 602 g/mol. The molecule has 0 bridgehead atoms. The van der Waals surface area contributed by atoms with Gasteiger partial charge in [0.25, 0.3) is 0 Å². The fraction of sp³-hybridized carbons (Fsp3) is 0.355. The molecule has 1 aromatic heterocycles. The van der Waals surface area contributed by atoms with Crippen LogP contribution in [0.3, 0.4) is 0 Å². The van der Waals surface area contributed by atoms with Gasteiger partial charge in [0.05, 0.1) is 27.2 Å². The van der Waals surface area contributed by atoms with Gasteiger partial charge in [0, 0.05) is 31.5 Å². The summed E-state index contributed by atoms with van der Waals surface area (Å²) in [6, 6.07) is 9.88. The van der Waals surface area contributed by atoms with Crippen LogP contribution in [0.2, 0.25) is 0 Å². The predicted octanol–water partition coefficient (Wildman–Crippen LogP) is 5.26. The van der Waals surface area contributed by atoms with Crippen LogP contribution in [0.5, 0.6) is 23.0 Å². The van der Waals surface area contributed by atoms with Crippen LogP contribution in [0.4, 0.5) is 8.78 Å². The molecule has 12 heteroatoms. The van der Waals surface area contributed by atoms with Crippen molar-refractivity contribution in [2.75, 3.05) is 28.1 Å². The molecule has 0 fully saturated rings. The summed E-state index contributed by atoms with van der Waals surface area (Å²) < 4.78 is 60.0. The molecular weight excluding hydrogens is 568 g/mol. The van der Waals surface area contributed by atoms with E-state index in [0.29, 0.717) is 11.1 Å². The number of esters is 2. The summed E-state index contributed by atoms with van der Waals surface area (Å²) in [6.07, 6.45) is 0.191. The Hall–Kier alpha value is -4.74. The number of ether oxygens (including phenoxy) is 6. The highest BCUT2D eigenvalue weighted by atomic mass is 19.1. The molecule has 0 radical (unpaired) electrons. The van der Waals surface area contributed by atoms with Gasteiger partial charge >= 0.3 is 11.9 Å². The lowest BCUT2D eigenvalue weighted by Gasteiger charge is -2.27. The molecule has 2 aromatic carbocycles. The van der Waals surface area contributed by atoms with E-state index < -0.39 is 54.1 Å². The van der Waals surface area contributed by atoms with Crippen LogP contribution in [0.25, 0.3) is 0 Å². The zero-order valence-electron chi connectivity index (χ0n) is 24.6. The largest absolute Gasteiger partial charge is 0.494 e. The molecule has 0 aliphatic heterocycles. The Labute approximate surface area is 247 Å². The number of carbonyl (C=O) groups is 3. The third-order valence-electron chi connectivity index (χ3n) is 6.55. The number of Topliss-reactive ketones (excluding diaryl/α,β-unsaturated/α-hetero) is 1. The zero-order chi connectivity index (χ0) is 31.7. The van der Waals surface area contributed by atoms with Crippen LogP contribution < -0.4 is 18.9 Å². The second-order valence-corrected chi connectivity index (χ2v) is 9.53. The van der Waals surface area contributed by atoms with E-state index in [-0.39, 0.29) is 35.1 Å². The third kappa shape index (κ3) is 8.18. The van der Waals surface area contributed by atoms with E-state index in [9.17, 15) is 23.2 Å². The van der Waals surface area contributed by atoms with Gasteiger partial charge in [-0.1, -0.05) is 19.1 Å². The number of methoxy groups -OCH3 is 3. The molecule has 2 atom stereocenters. The lowest BCUT2D eigenvalue weighted by atomic mass is 9.86. The number of carbonyl (C=O) groups excluding carboxylic acids is 3. The van der Waals surface area contributed by atoms with Gasteiger partial charge in [-0.15, -0.1) is 0 Å². The normalized spacial score (nSPS) is 12.2. The summed E-state index contributed by atoms with van der Waals surface area (Å²) >= 11 is 0. The van der Waals surface area contributed by atoms with Gasteiger partial charge in [0.1, 0.15) is 6.10 Å². The second kappa shape index (κ2) is 14.9. The number of ketones is 1. The summed E-state index contributed by atoms with van der Waals surface area (Å²) in [4.78, 5) is 41.6. The summed E-state index contributed by atoms with van der Waals surface area (Å²) in [7, 11) is 4.02. The van der Waals surface area contributed by atoms with Crippen molar-refractivity contribution in [3.63, 3.8) is 0 Å². The first-order valence-electron chi connectivity index (χ1n) is 13.2. The van der Waals surface area contributed by atoms with Crippen LogP contribution >= 0.6 is 0 Å². The Morgan fingerprint density at radius 1 is 0.837 bits per heavy atom. The van der Waals surface area contributed by atoms with Gasteiger partial charge in [-0.2, -0.15) is 0 Å². The minimum atomic E-state index is -0.921. The van der Waals surface area contributed by atoms with Crippen molar-refractivity contribution in [2.45, 2.75) is 39.2 Å². The fourth-order valence-corrected chi connectivity index (χ4v) is 4.40. The maximum atomic E-state index is 14.2. The monoisotopic (exact) mass is 601 g/mol. The molecule has 10 nitrogen and oxygen atoms in total. The highest BCUT2D eigenvalue weighted by Crippen LogP contribution is 2.36. The number of aromatic nitrogens is 1. The smallest absolute Gasteiger partial charge is 0.309 e. The van der Waals surface area contributed by atoms with Crippen LogP contribution in [0.1, 0.15) is 54.7 Å². The molecule has 0 saturated carbocycles. The lowest BCUT2D eigenvalue weighted by molar-refractivity contribution is -0.153. The SMILES string of the molecule is COc1cc(C(c2ccc(F)c(OC)c2)[C@H](C)OC(=O)[C@H](C)CC(=O)c2nccc(OC)c2OCOC(C)=O)ccc1F. The average Bonchev–Trinajstić information content (AvgIpc) is 2.98. The molecule has 0 aliphatic rings. The lowest BCUT2D eigenvalue weighted by Crippen LogP contribution is -2.28. The van der Waals surface area contributed by atoms with Gasteiger partial charge in [0.2, 0.25) is 6.79 Å². The molecule has 3 rings (SSSR count). The Morgan fingerprint density at radius 3 is 1.91 bits per heavy atom. The van der Waals surface area contributed by atoms with Crippen molar-refractivity contribution >= 4 is 17.7 Å². The standard InChI is InChI=1S/C31H33F2NO9/c1-17(13-24(36)29-30(42-16-41-19(3)35)25(38-4)11-12-34-29)31(37)43-18(2)28(20-7-9-22(32)26(14-20)39-5)21-8-10-23(33)27(15-21)40-6/h7-12,14-15,17-18,28H,13,16H2,1-6H3/t17-,18+/m1/s1. The van der Waals surface area contributed by atoms with Crippen LogP contribution in [0.15, 0.2) is 48.7 Å². The van der Waals surface area contributed by atoms with E-state index in [4.69, 9.17) is 28.4 Å². The minimum absolute atomic E-state index is 0.0217. The molecule has 0 unspecified atom stereocenters. The molecular formula is C31H33F2NO9. The van der Waals surface area contributed by atoms with E-state index in [1.807, 2.05) is 0 Å². The van der Waals surface area contributed by atoms with E-state index >= 15 is 0 Å². The van der Waals surface area contributed by atoms with Crippen molar-refractivity contribution in [1.29, 1.82) is 0 Å². The first-order valence-corrected chi connectivity index (χ1v) is 13.2. The van der Waals surface area contributed by atoms with E-state index in [0.717, 1.165) is 0 Å². The summed E-state index contributed by atoms with van der Waals surface area (Å²) in [5.41, 5.74) is 0.950. The Kier molecular flexibility index (Phi) is 11.4. The van der Waals surface area contributed by atoms with Gasteiger partial charge in [-0.3, -0.25) is 14.4 Å². The Balaban J connectivity index is 1.84. The van der Waals surface area contributed by atoms with Gasteiger partial charge in [-0.05, 0) is 42.3 Å². The molecule has 43 heavy (non-hydrogen) atoms. The highest BCUT2D eigenvalue weighted by Gasteiger charge is 2.30. The first-order chi connectivity index (χ1) is 20.5. The minimum Gasteiger partial charge on any atom is -0.494 e. The molecule has 3 aromatic rings. The number of pyridine rings is 1. The van der Waals surface area contributed by atoms with Gasteiger partial charge in [0.15, 0.2) is 46.1 Å². The second-order valence-electron chi connectivity index (χ2n) is 9.53. The molecule has 0 N–H and O–H groups in total. The number of hydrogen-bond acceptors (Lipinski definition) is 10. The number of hydrogen-bond donors (Lipinski definition) is 0. The molecule has 0 spiro atoms. The summed E-state index contributed by atoms with van der Waals surface area (Å²) in [6.45, 7) is 3.88. The summed E-state index contributed by atoms with van der Waals surface area (Å²) in [5, 5.41) is 0. The molecule has 230 valence electrons. The fourth-order valence-electron chi connectivity index (χ4n) is 4.40. The molecule has 0 saturated heterocycles.